The minimum atomic E-state index is -0.723. The fourth-order valence-corrected chi connectivity index (χ4v) is 1.21. The quantitative estimate of drug-likeness (QED) is 0.611. The Hall–Kier alpha value is -1.62. The van der Waals surface area contributed by atoms with Crippen molar-refractivity contribution in [3.63, 3.8) is 0 Å². The summed E-state index contributed by atoms with van der Waals surface area (Å²) in [6.07, 6.45) is -0.723. The molecule has 1 aromatic rings. The second kappa shape index (κ2) is 4.75. The molecule has 0 aliphatic carbocycles. The highest BCUT2D eigenvalue weighted by Gasteiger charge is 2.16. The molecule has 1 N–H and O–H groups in total. The van der Waals surface area contributed by atoms with E-state index in [0.29, 0.717) is 12.2 Å². The predicted molar refractivity (Wildman–Crippen MR) is 54.9 cm³/mol. The zero-order valence-corrected chi connectivity index (χ0v) is 8.64. The van der Waals surface area contributed by atoms with Crippen LogP contribution in [-0.4, -0.2) is 16.6 Å². The summed E-state index contributed by atoms with van der Waals surface area (Å²) in [5.41, 5.74) is 0.389. The first-order valence-corrected chi connectivity index (χ1v) is 4.65. The van der Waals surface area contributed by atoms with Gasteiger partial charge in [-0.25, -0.2) is 0 Å². The van der Waals surface area contributed by atoms with E-state index >= 15 is 0 Å². The van der Waals surface area contributed by atoms with Crippen LogP contribution in [0.1, 0.15) is 25.5 Å². The molecule has 0 saturated carbocycles. The lowest BCUT2D eigenvalue weighted by atomic mass is 10.1. The first-order chi connectivity index (χ1) is 7.06. The molecule has 1 rings (SSSR count). The minimum absolute atomic E-state index is 0.116. The molecule has 0 saturated heterocycles. The summed E-state index contributed by atoms with van der Waals surface area (Å²) in [6, 6.07) is 4.45. The zero-order valence-electron chi connectivity index (χ0n) is 8.64. The fraction of sp³-hybridized carbons (Fsp3) is 0.400. The van der Waals surface area contributed by atoms with Crippen molar-refractivity contribution in [2.75, 3.05) is 6.61 Å². The Morgan fingerprint density at radius 3 is 2.73 bits per heavy atom. The van der Waals surface area contributed by atoms with Crippen molar-refractivity contribution in [3.8, 4) is 5.75 Å². The second-order valence-corrected chi connectivity index (χ2v) is 3.09. The summed E-state index contributed by atoms with van der Waals surface area (Å²) < 4.78 is 5.11. The number of nitro groups is 1. The number of benzene rings is 1. The smallest absolute Gasteiger partial charge is 0.311 e. The molecule has 5 nitrogen and oxygen atoms in total. The van der Waals surface area contributed by atoms with Gasteiger partial charge in [0.15, 0.2) is 5.75 Å². The van der Waals surface area contributed by atoms with E-state index in [-0.39, 0.29) is 11.4 Å². The summed E-state index contributed by atoms with van der Waals surface area (Å²) in [4.78, 5) is 10.2. The average Bonchev–Trinajstić information content (AvgIpc) is 2.18. The number of hydrogen-bond donors (Lipinski definition) is 1. The van der Waals surface area contributed by atoms with Crippen LogP contribution in [0.4, 0.5) is 5.69 Å². The normalized spacial score (nSPS) is 12.2. The molecule has 0 unspecified atom stereocenters. The molecule has 0 radical (unpaired) electrons. The summed E-state index contributed by atoms with van der Waals surface area (Å²) in [7, 11) is 0. The van der Waals surface area contributed by atoms with Gasteiger partial charge in [-0.3, -0.25) is 10.1 Å². The van der Waals surface area contributed by atoms with Crippen LogP contribution in [0, 0.1) is 10.1 Å². The van der Waals surface area contributed by atoms with E-state index in [1.807, 2.05) is 0 Å². The van der Waals surface area contributed by atoms with Gasteiger partial charge >= 0.3 is 5.69 Å². The molecule has 0 aromatic heterocycles. The van der Waals surface area contributed by atoms with Crippen LogP contribution in [0.25, 0.3) is 0 Å². The van der Waals surface area contributed by atoms with Crippen LogP contribution in [0.3, 0.4) is 0 Å². The highest BCUT2D eigenvalue weighted by Crippen LogP contribution is 2.29. The van der Waals surface area contributed by atoms with Crippen molar-refractivity contribution >= 4 is 5.69 Å². The van der Waals surface area contributed by atoms with E-state index in [0.717, 1.165) is 0 Å². The number of rotatable bonds is 4. The molecule has 0 spiro atoms. The van der Waals surface area contributed by atoms with E-state index in [1.165, 1.54) is 12.1 Å². The molecule has 0 fully saturated rings. The average molecular weight is 211 g/mol. The van der Waals surface area contributed by atoms with Crippen LogP contribution in [0.15, 0.2) is 18.2 Å². The molecule has 0 heterocycles. The van der Waals surface area contributed by atoms with Gasteiger partial charge in [0, 0.05) is 6.07 Å². The molecule has 1 aromatic carbocycles. The largest absolute Gasteiger partial charge is 0.487 e. The molecule has 1 atom stereocenters. The van der Waals surface area contributed by atoms with Gasteiger partial charge in [0.1, 0.15) is 0 Å². The van der Waals surface area contributed by atoms with Gasteiger partial charge in [-0.05, 0) is 25.5 Å². The highest BCUT2D eigenvalue weighted by molar-refractivity contribution is 5.49. The van der Waals surface area contributed by atoms with Gasteiger partial charge in [-0.1, -0.05) is 6.07 Å². The van der Waals surface area contributed by atoms with Gasteiger partial charge in [-0.2, -0.15) is 0 Å². The zero-order chi connectivity index (χ0) is 11.4. The molecule has 15 heavy (non-hydrogen) atoms. The van der Waals surface area contributed by atoms with Crippen molar-refractivity contribution in [1.82, 2.24) is 0 Å². The number of ether oxygens (including phenoxy) is 1. The van der Waals surface area contributed by atoms with Gasteiger partial charge in [0.05, 0.1) is 17.6 Å². The van der Waals surface area contributed by atoms with Crippen molar-refractivity contribution in [1.29, 1.82) is 0 Å². The Morgan fingerprint density at radius 2 is 2.27 bits per heavy atom. The van der Waals surface area contributed by atoms with E-state index in [2.05, 4.69) is 0 Å². The maximum atomic E-state index is 10.7. The Labute approximate surface area is 87.5 Å². The lowest BCUT2D eigenvalue weighted by Crippen LogP contribution is -1.99. The molecular formula is C10H13NO4. The Morgan fingerprint density at radius 1 is 1.60 bits per heavy atom. The van der Waals surface area contributed by atoms with E-state index < -0.39 is 11.0 Å². The Kier molecular flexibility index (Phi) is 3.62. The molecule has 0 bridgehead atoms. The molecule has 0 aliphatic rings. The summed E-state index contributed by atoms with van der Waals surface area (Å²) in [5, 5.41) is 20.0. The van der Waals surface area contributed by atoms with Crippen LogP contribution in [-0.2, 0) is 0 Å². The first-order valence-electron chi connectivity index (χ1n) is 4.65. The summed E-state index contributed by atoms with van der Waals surface area (Å²) in [5.74, 6) is 0.229. The van der Waals surface area contributed by atoms with Gasteiger partial charge in [0.2, 0.25) is 0 Å². The number of aliphatic hydroxyl groups excluding tert-OH is 1. The summed E-state index contributed by atoms with van der Waals surface area (Å²) >= 11 is 0. The standard InChI is InChI=1S/C10H13NO4/c1-3-15-10-5-4-8(7(2)12)6-9(10)11(13)14/h4-7,12H,3H2,1-2H3/t7-/m1/s1. The van der Waals surface area contributed by atoms with Crippen molar-refractivity contribution < 1.29 is 14.8 Å². The topological polar surface area (TPSA) is 72.6 Å². The lowest BCUT2D eigenvalue weighted by molar-refractivity contribution is -0.386. The monoisotopic (exact) mass is 211 g/mol. The maximum Gasteiger partial charge on any atom is 0.311 e. The van der Waals surface area contributed by atoms with E-state index in [4.69, 9.17) is 4.74 Å². The van der Waals surface area contributed by atoms with Crippen LogP contribution in [0.2, 0.25) is 0 Å². The molecule has 82 valence electrons. The van der Waals surface area contributed by atoms with Crippen LogP contribution < -0.4 is 4.74 Å². The maximum absolute atomic E-state index is 10.7. The highest BCUT2D eigenvalue weighted by atomic mass is 16.6. The van der Waals surface area contributed by atoms with Gasteiger partial charge in [-0.15, -0.1) is 0 Å². The van der Waals surface area contributed by atoms with E-state index in [9.17, 15) is 15.2 Å². The van der Waals surface area contributed by atoms with Crippen molar-refractivity contribution in [2.45, 2.75) is 20.0 Å². The number of hydrogen-bond acceptors (Lipinski definition) is 4. The first kappa shape index (κ1) is 11.5. The fourth-order valence-electron chi connectivity index (χ4n) is 1.21. The second-order valence-electron chi connectivity index (χ2n) is 3.09. The van der Waals surface area contributed by atoms with E-state index in [1.54, 1.807) is 19.9 Å². The predicted octanol–water partition coefficient (Wildman–Crippen LogP) is 2.05. The number of nitrogens with zero attached hydrogens (tertiary/aromatic N) is 1. The molecule has 5 heteroatoms. The van der Waals surface area contributed by atoms with Crippen LogP contribution >= 0.6 is 0 Å². The number of nitro benzene ring substituents is 1. The lowest BCUT2D eigenvalue weighted by Gasteiger charge is -2.07. The van der Waals surface area contributed by atoms with Crippen molar-refractivity contribution in [3.05, 3.63) is 33.9 Å². The van der Waals surface area contributed by atoms with Gasteiger partial charge in [0.25, 0.3) is 0 Å². The SMILES string of the molecule is CCOc1ccc([C@@H](C)O)cc1[N+](=O)[O-]. The molecule has 0 amide bonds. The Balaban J connectivity index is 3.14. The molecule has 0 aliphatic heterocycles. The third-order valence-corrected chi connectivity index (χ3v) is 1.96. The Bertz CT molecular complexity index is 362. The van der Waals surface area contributed by atoms with Gasteiger partial charge < -0.3 is 9.84 Å². The minimum Gasteiger partial charge on any atom is -0.487 e. The number of aliphatic hydroxyl groups is 1. The summed E-state index contributed by atoms with van der Waals surface area (Å²) in [6.45, 7) is 3.68. The van der Waals surface area contributed by atoms with Crippen molar-refractivity contribution in [2.24, 2.45) is 0 Å². The molecular weight excluding hydrogens is 198 g/mol. The third kappa shape index (κ3) is 2.66. The third-order valence-electron chi connectivity index (χ3n) is 1.96. The van der Waals surface area contributed by atoms with Crippen LogP contribution in [0.5, 0.6) is 5.75 Å².